The van der Waals surface area contributed by atoms with Gasteiger partial charge in [-0.2, -0.15) is 0 Å². The molecule has 2 heterocycles. The summed E-state index contributed by atoms with van der Waals surface area (Å²) in [5, 5.41) is 2.77. The molecule has 154 valence electrons. The summed E-state index contributed by atoms with van der Waals surface area (Å²) in [6.07, 6.45) is 3.28. The van der Waals surface area contributed by atoms with Crippen molar-refractivity contribution >= 4 is 43.4 Å². The monoisotopic (exact) mass is 480 g/mol. The number of halogens is 1. The molecule has 4 rings (SSSR count). The Labute approximate surface area is 177 Å². The highest BCUT2D eigenvalue weighted by Crippen LogP contribution is 2.26. The van der Waals surface area contributed by atoms with Gasteiger partial charge < -0.3 is 15.0 Å². The lowest BCUT2D eigenvalue weighted by Crippen LogP contribution is -2.36. The summed E-state index contributed by atoms with van der Waals surface area (Å²) in [6.45, 7) is 2.90. The van der Waals surface area contributed by atoms with Crippen molar-refractivity contribution in [2.75, 3.05) is 36.5 Å². The van der Waals surface area contributed by atoms with Crippen LogP contribution in [0, 0.1) is 0 Å². The molecule has 29 heavy (non-hydrogen) atoms. The Bertz CT molecular complexity index is 1000. The van der Waals surface area contributed by atoms with Crippen LogP contribution < -0.4 is 14.9 Å². The van der Waals surface area contributed by atoms with Crippen molar-refractivity contribution in [2.24, 2.45) is 0 Å². The minimum atomic E-state index is -3.64. The van der Waals surface area contributed by atoms with Crippen LogP contribution in [0.25, 0.3) is 0 Å². The van der Waals surface area contributed by atoms with Crippen molar-refractivity contribution in [3.8, 4) is 0 Å². The van der Waals surface area contributed by atoms with E-state index in [0.29, 0.717) is 23.4 Å². The summed E-state index contributed by atoms with van der Waals surface area (Å²) < 4.78 is 33.3. The molecule has 1 aromatic heterocycles. The molecule has 1 amide bonds. The van der Waals surface area contributed by atoms with E-state index in [0.717, 1.165) is 31.7 Å². The number of carbonyl (C=O) groups excluding carboxylic acids is 1. The summed E-state index contributed by atoms with van der Waals surface area (Å²) in [5.41, 5.74) is 0.768. The van der Waals surface area contributed by atoms with Crippen LogP contribution in [-0.4, -0.2) is 51.7 Å². The van der Waals surface area contributed by atoms with E-state index in [1.54, 1.807) is 18.3 Å². The van der Waals surface area contributed by atoms with Crippen molar-refractivity contribution in [1.82, 2.24) is 9.71 Å². The van der Waals surface area contributed by atoms with Gasteiger partial charge in [-0.05, 0) is 59.1 Å². The fourth-order valence-corrected chi connectivity index (χ4v) is 4.73. The van der Waals surface area contributed by atoms with Crippen LogP contribution >= 0.6 is 15.9 Å². The number of carbonyl (C=O) groups is 1. The summed E-state index contributed by atoms with van der Waals surface area (Å²) in [6, 6.07) is 8.03. The molecule has 0 unspecified atom stereocenters. The number of hydrogen-bond acceptors (Lipinski definition) is 6. The third-order valence-electron chi connectivity index (χ3n) is 4.73. The molecule has 2 fully saturated rings. The highest BCUT2D eigenvalue weighted by molar-refractivity contribution is 9.10. The third kappa shape index (κ3) is 4.95. The van der Waals surface area contributed by atoms with E-state index < -0.39 is 15.9 Å². The third-order valence-corrected chi connectivity index (χ3v) is 6.94. The zero-order chi connectivity index (χ0) is 20.4. The Kier molecular flexibility index (Phi) is 5.86. The van der Waals surface area contributed by atoms with Crippen LogP contribution in [0.2, 0.25) is 0 Å². The Morgan fingerprint density at radius 1 is 1.17 bits per heavy atom. The van der Waals surface area contributed by atoms with Gasteiger partial charge in [-0.15, -0.1) is 0 Å². The molecule has 2 aromatic rings. The van der Waals surface area contributed by atoms with Crippen LogP contribution in [-0.2, 0) is 14.8 Å². The van der Waals surface area contributed by atoms with Gasteiger partial charge in [-0.1, -0.05) is 0 Å². The van der Waals surface area contributed by atoms with Crippen LogP contribution in [0.3, 0.4) is 0 Å². The maximum Gasteiger partial charge on any atom is 0.256 e. The molecule has 1 aliphatic carbocycles. The quantitative estimate of drug-likeness (QED) is 0.657. The SMILES string of the molecule is O=C(Nc1ccc(N2CCOCC2)nc1)c1cc(S(=O)(=O)NC2CC2)ccc1Br. The number of morpholine rings is 1. The van der Waals surface area contributed by atoms with Gasteiger partial charge in [0, 0.05) is 23.6 Å². The van der Waals surface area contributed by atoms with E-state index >= 15 is 0 Å². The van der Waals surface area contributed by atoms with Gasteiger partial charge in [0.2, 0.25) is 10.0 Å². The molecule has 0 radical (unpaired) electrons. The predicted octanol–water partition coefficient (Wildman–Crippen LogP) is 2.37. The number of rotatable bonds is 6. The van der Waals surface area contributed by atoms with Gasteiger partial charge in [-0.25, -0.2) is 18.1 Å². The maximum atomic E-state index is 12.7. The first-order chi connectivity index (χ1) is 13.9. The summed E-state index contributed by atoms with van der Waals surface area (Å²) >= 11 is 3.33. The smallest absolute Gasteiger partial charge is 0.256 e. The average Bonchev–Trinajstić information content (AvgIpc) is 3.52. The second-order valence-electron chi connectivity index (χ2n) is 7.00. The van der Waals surface area contributed by atoms with E-state index in [-0.39, 0.29) is 16.5 Å². The number of amides is 1. The van der Waals surface area contributed by atoms with E-state index in [4.69, 9.17) is 4.74 Å². The summed E-state index contributed by atoms with van der Waals surface area (Å²) in [7, 11) is -3.64. The highest BCUT2D eigenvalue weighted by Gasteiger charge is 2.28. The van der Waals surface area contributed by atoms with Gasteiger partial charge in [0.1, 0.15) is 5.82 Å². The topological polar surface area (TPSA) is 101 Å². The Morgan fingerprint density at radius 3 is 2.59 bits per heavy atom. The van der Waals surface area contributed by atoms with Gasteiger partial charge in [0.05, 0.1) is 35.6 Å². The molecule has 2 aliphatic rings. The molecule has 1 aliphatic heterocycles. The van der Waals surface area contributed by atoms with Crippen LogP contribution in [0.5, 0.6) is 0 Å². The Hall–Kier alpha value is -2.01. The number of pyridine rings is 1. The highest BCUT2D eigenvalue weighted by atomic mass is 79.9. The molecule has 2 N–H and O–H groups in total. The Balaban J connectivity index is 1.48. The zero-order valence-corrected chi connectivity index (χ0v) is 18.0. The van der Waals surface area contributed by atoms with Crippen molar-refractivity contribution < 1.29 is 17.9 Å². The normalized spacial score (nSPS) is 17.2. The molecule has 1 saturated heterocycles. The molecular weight excluding hydrogens is 460 g/mol. The minimum Gasteiger partial charge on any atom is -0.378 e. The molecule has 1 aromatic carbocycles. The lowest BCUT2D eigenvalue weighted by atomic mass is 10.2. The molecule has 0 bridgehead atoms. The van der Waals surface area contributed by atoms with E-state index in [1.807, 2.05) is 6.07 Å². The van der Waals surface area contributed by atoms with Gasteiger partial charge in [0.15, 0.2) is 0 Å². The molecular formula is C19H21BrN4O4S. The second kappa shape index (κ2) is 8.39. The number of anilines is 2. The largest absolute Gasteiger partial charge is 0.378 e. The fourth-order valence-electron chi connectivity index (χ4n) is 2.97. The van der Waals surface area contributed by atoms with Crippen LogP contribution in [0.4, 0.5) is 11.5 Å². The van der Waals surface area contributed by atoms with Crippen molar-refractivity contribution in [1.29, 1.82) is 0 Å². The van der Waals surface area contributed by atoms with Crippen LogP contribution in [0.15, 0.2) is 45.9 Å². The van der Waals surface area contributed by atoms with Crippen LogP contribution in [0.1, 0.15) is 23.2 Å². The van der Waals surface area contributed by atoms with E-state index in [9.17, 15) is 13.2 Å². The van der Waals surface area contributed by atoms with Gasteiger partial charge >= 0.3 is 0 Å². The number of nitrogens with zero attached hydrogens (tertiary/aromatic N) is 2. The fraction of sp³-hybridized carbons (Fsp3) is 0.368. The van der Waals surface area contributed by atoms with Crippen molar-refractivity contribution in [3.63, 3.8) is 0 Å². The maximum absolute atomic E-state index is 12.7. The van der Waals surface area contributed by atoms with Crippen molar-refractivity contribution in [2.45, 2.75) is 23.8 Å². The van der Waals surface area contributed by atoms with Crippen molar-refractivity contribution in [3.05, 3.63) is 46.6 Å². The molecule has 10 heteroatoms. The molecule has 0 spiro atoms. The first kappa shape index (κ1) is 20.3. The predicted molar refractivity (Wildman–Crippen MR) is 113 cm³/mol. The molecule has 0 atom stereocenters. The first-order valence-electron chi connectivity index (χ1n) is 9.34. The molecule has 1 saturated carbocycles. The number of ether oxygens (including phenoxy) is 1. The number of hydrogen-bond donors (Lipinski definition) is 2. The van der Waals surface area contributed by atoms with E-state index in [1.165, 1.54) is 12.1 Å². The minimum absolute atomic E-state index is 0.00280. The standard InChI is InChI=1S/C19H21BrN4O4S/c20-17-5-4-15(29(26,27)23-13-1-2-13)11-16(17)19(25)22-14-3-6-18(21-12-14)24-7-9-28-10-8-24/h3-6,11-13,23H,1-2,7-10H2,(H,22,25). The Morgan fingerprint density at radius 2 is 1.93 bits per heavy atom. The molecule has 8 nitrogen and oxygen atoms in total. The summed E-state index contributed by atoms with van der Waals surface area (Å²) in [5.74, 6) is 0.410. The average molecular weight is 481 g/mol. The number of aromatic nitrogens is 1. The number of benzene rings is 1. The van der Waals surface area contributed by atoms with Gasteiger partial charge in [0.25, 0.3) is 5.91 Å². The lowest BCUT2D eigenvalue weighted by Gasteiger charge is -2.27. The van der Waals surface area contributed by atoms with E-state index in [2.05, 4.69) is 35.9 Å². The van der Waals surface area contributed by atoms with Gasteiger partial charge in [-0.3, -0.25) is 4.79 Å². The first-order valence-corrected chi connectivity index (χ1v) is 11.6. The second-order valence-corrected chi connectivity index (χ2v) is 9.56. The zero-order valence-electron chi connectivity index (χ0n) is 15.6. The number of sulfonamides is 1. The summed E-state index contributed by atoms with van der Waals surface area (Å²) in [4.78, 5) is 19.3. The number of nitrogens with one attached hydrogen (secondary N) is 2. The lowest BCUT2D eigenvalue weighted by molar-refractivity contribution is 0.102.